The summed E-state index contributed by atoms with van der Waals surface area (Å²) < 4.78 is 18.6. The summed E-state index contributed by atoms with van der Waals surface area (Å²) in [6, 6.07) is 24.1. The first kappa shape index (κ1) is 42.8. The molecule has 6 unspecified atom stereocenters. The first-order valence-corrected chi connectivity index (χ1v) is 21.8. The van der Waals surface area contributed by atoms with Crippen molar-refractivity contribution in [3.05, 3.63) is 105 Å². The number of halogens is 2. The van der Waals surface area contributed by atoms with Crippen molar-refractivity contribution in [3.8, 4) is 22.5 Å². The van der Waals surface area contributed by atoms with Crippen LogP contribution in [0, 0.1) is 11.8 Å². The Hall–Kier alpha value is -3.34. The predicted octanol–water partition coefficient (Wildman–Crippen LogP) is 11.0. The van der Waals surface area contributed by atoms with Crippen LogP contribution in [0.3, 0.4) is 0 Å². The highest BCUT2D eigenvalue weighted by molar-refractivity contribution is 9.10. The molecule has 0 saturated carbocycles. The molecule has 12 nitrogen and oxygen atoms in total. The topological polar surface area (TPSA) is 117 Å². The monoisotopic (exact) mass is 920 g/mol. The number of aryl methyl sites for hydroxylation is 2. The van der Waals surface area contributed by atoms with Crippen LogP contribution in [0.5, 0.6) is 0 Å². The number of nitrogens with zero attached hydrogens (tertiary/aromatic N) is 6. The van der Waals surface area contributed by atoms with Gasteiger partial charge in [-0.3, -0.25) is 9.36 Å². The number of ether oxygens (including phenoxy) is 2. The standard InChI is InChI=1S/C44H54Br2N6O6/c1-29(13-19-39-43(3,4)57-55-41(53-39)33-9-7-11-35(45)25-33)21-23-51-27-37(47-49-51)31-15-17-32(18-16-31)38-28-52(50-48-38)24-22-30(2)14-20-40-44(5,6)58-56-42(54-40)34-10-8-12-36(46)26-34/h7-12,15-18,25-30,39-42H,13-14,19-24H2,1-6H3. The number of hydrogen-bond donors (Lipinski definition) is 0. The molecule has 7 rings (SSSR count). The quantitative estimate of drug-likeness (QED) is 0.0886. The van der Waals surface area contributed by atoms with E-state index in [1.807, 2.05) is 98.0 Å². The van der Waals surface area contributed by atoms with Gasteiger partial charge in [-0.05, 0) is 102 Å². The van der Waals surface area contributed by atoms with Crippen LogP contribution >= 0.6 is 31.9 Å². The molecule has 5 aromatic rings. The van der Waals surface area contributed by atoms with Gasteiger partial charge < -0.3 is 9.47 Å². The van der Waals surface area contributed by atoms with Gasteiger partial charge in [0.1, 0.15) is 22.6 Å². The van der Waals surface area contributed by atoms with Crippen LogP contribution in [0.15, 0.2) is 94.1 Å². The first-order chi connectivity index (χ1) is 27.8. The van der Waals surface area contributed by atoms with Crippen molar-refractivity contribution < 1.29 is 29.0 Å². The second kappa shape index (κ2) is 18.9. The van der Waals surface area contributed by atoms with Crippen LogP contribution in [-0.4, -0.2) is 53.4 Å². The molecule has 3 aromatic carbocycles. The van der Waals surface area contributed by atoms with E-state index in [1.54, 1.807) is 0 Å². The first-order valence-electron chi connectivity index (χ1n) is 20.2. The molecule has 4 heterocycles. The zero-order valence-corrected chi connectivity index (χ0v) is 37.3. The fourth-order valence-electron chi connectivity index (χ4n) is 7.28. The van der Waals surface area contributed by atoms with Crippen LogP contribution in [-0.2, 0) is 42.1 Å². The van der Waals surface area contributed by atoms with Gasteiger partial charge in [-0.25, -0.2) is 9.78 Å². The van der Waals surface area contributed by atoms with E-state index >= 15 is 0 Å². The third-order valence-electron chi connectivity index (χ3n) is 11.2. The second-order valence-electron chi connectivity index (χ2n) is 16.8. The summed E-state index contributed by atoms with van der Waals surface area (Å²) in [6.45, 7) is 14.2. The SMILES string of the molecule is CC(CCC1OC(c2cccc(Br)c2)OOC1(C)C)CCn1cc(-c2ccc(-c3cn(CCC(C)CCC4OC(c5cccc(Br)c5)OOC4(C)C)nn3)cc2)nn1. The molecule has 0 aliphatic carbocycles. The van der Waals surface area contributed by atoms with Crippen molar-refractivity contribution >= 4 is 31.9 Å². The molecule has 14 heteroatoms. The van der Waals surface area contributed by atoms with Gasteiger partial charge in [0, 0.05) is 44.3 Å². The molecule has 0 N–H and O–H groups in total. The molecule has 0 radical (unpaired) electrons. The van der Waals surface area contributed by atoms with Gasteiger partial charge in [0.2, 0.25) is 12.6 Å². The zero-order chi connectivity index (χ0) is 40.9. The van der Waals surface area contributed by atoms with Gasteiger partial charge in [0.05, 0.1) is 24.6 Å². The third kappa shape index (κ3) is 11.1. The lowest BCUT2D eigenvalue weighted by atomic mass is 9.92. The highest BCUT2D eigenvalue weighted by atomic mass is 79.9. The molecular weight excluding hydrogens is 868 g/mol. The van der Waals surface area contributed by atoms with Gasteiger partial charge >= 0.3 is 0 Å². The summed E-state index contributed by atoms with van der Waals surface area (Å²) in [5.74, 6) is 0.918. The molecule has 2 saturated heterocycles. The largest absolute Gasteiger partial charge is 0.340 e. The molecule has 2 aliphatic heterocycles. The van der Waals surface area contributed by atoms with Crippen LogP contribution in [0.4, 0.5) is 0 Å². The maximum absolute atomic E-state index is 6.40. The van der Waals surface area contributed by atoms with Gasteiger partial charge in [0.15, 0.2) is 0 Å². The molecule has 0 bridgehead atoms. The molecule has 0 spiro atoms. The number of rotatable bonds is 16. The maximum Gasteiger partial charge on any atom is 0.217 e. The van der Waals surface area contributed by atoms with E-state index in [0.717, 1.165) is 94.2 Å². The Bertz CT molecular complexity index is 1940. The van der Waals surface area contributed by atoms with E-state index in [1.165, 1.54) is 0 Å². The second-order valence-corrected chi connectivity index (χ2v) is 18.7. The summed E-state index contributed by atoms with van der Waals surface area (Å²) in [7, 11) is 0. The Kier molecular flexibility index (Phi) is 14.0. The average Bonchev–Trinajstić information content (AvgIpc) is 3.89. The molecule has 310 valence electrons. The molecular formula is C44H54Br2N6O6. The van der Waals surface area contributed by atoms with Crippen LogP contribution in [0.25, 0.3) is 22.5 Å². The summed E-state index contributed by atoms with van der Waals surface area (Å²) in [4.78, 5) is 22.9. The summed E-state index contributed by atoms with van der Waals surface area (Å²) in [6.07, 6.45) is 8.37. The highest BCUT2D eigenvalue weighted by Gasteiger charge is 2.42. The Morgan fingerprint density at radius 3 is 1.41 bits per heavy atom. The molecule has 6 atom stereocenters. The summed E-state index contributed by atoms with van der Waals surface area (Å²) >= 11 is 7.06. The maximum atomic E-state index is 6.40. The van der Waals surface area contributed by atoms with Crippen molar-refractivity contribution in [1.29, 1.82) is 0 Å². The lowest BCUT2D eigenvalue weighted by Crippen LogP contribution is -2.46. The predicted molar refractivity (Wildman–Crippen MR) is 227 cm³/mol. The lowest BCUT2D eigenvalue weighted by molar-refractivity contribution is -0.487. The zero-order valence-electron chi connectivity index (χ0n) is 34.1. The van der Waals surface area contributed by atoms with Gasteiger partial charge in [-0.15, -0.1) is 10.2 Å². The average molecular weight is 923 g/mol. The van der Waals surface area contributed by atoms with Crippen molar-refractivity contribution in [2.24, 2.45) is 11.8 Å². The van der Waals surface area contributed by atoms with E-state index in [9.17, 15) is 0 Å². The Balaban J connectivity index is 0.842. The van der Waals surface area contributed by atoms with Crippen molar-refractivity contribution in [2.75, 3.05) is 0 Å². The van der Waals surface area contributed by atoms with Crippen molar-refractivity contribution in [2.45, 2.75) is 129 Å². The van der Waals surface area contributed by atoms with Gasteiger partial charge in [-0.1, -0.05) is 105 Å². The molecule has 2 aromatic heterocycles. The summed E-state index contributed by atoms with van der Waals surface area (Å²) in [5, 5.41) is 17.8. The summed E-state index contributed by atoms with van der Waals surface area (Å²) in [5.41, 5.74) is 4.45. The molecule has 2 fully saturated rings. The number of hydrogen-bond acceptors (Lipinski definition) is 10. The van der Waals surface area contributed by atoms with Crippen LogP contribution in [0.2, 0.25) is 0 Å². The van der Waals surface area contributed by atoms with Crippen molar-refractivity contribution in [1.82, 2.24) is 30.0 Å². The fraction of sp³-hybridized carbons (Fsp3) is 0.500. The van der Waals surface area contributed by atoms with Gasteiger partial charge in [-0.2, -0.15) is 9.78 Å². The Morgan fingerprint density at radius 2 is 1.02 bits per heavy atom. The van der Waals surface area contributed by atoms with E-state index in [0.29, 0.717) is 11.8 Å². The Labute approximate surface area is 358 Å². The third-order valence-corrected chi connectivity index (χ3v) is 12.2. The normalized spacial score (nSPS) is 22.8. The van der Waals surface area contributed by atoms with Crippen LogP contribution in [0.1, 0.15) is 104 Å². The molecule has 0 amide bonds. The van der Waals surface area contributed by atoms with E-state index in [-0.39, 0.29) is 12.2 Å². The van der Waals surface area contributed by atoms with E-state index < -0.39 is 23.8 Å². The number of aromatic nitrogens is 6. The van der Waals surface area contributed by atoms with Crippen LogP contribution < -0.4 is 0 Å². The molecule has 58 heavy (non-hydrogen) atoms. The smallest absolute Gasteiger partial charge is 0.217 e. The Morgan fingerprint density at radius 1 is 0.603 bits per heavy atom. The number of benzene rings is 3. The van der Waals surface area contributed by atoms with Crippen molar-refractivity contribution in [3.63, 3.8) is 0 Å². The molecule has 2 aliphatic rings. The van der Waals surface area contributed by atoms with Gasteiger partial charge in [0.25, 0.3) is 0 Å². The van der Waals surface area contributed by atoms with E-state index in [4.69, 9.17) is 29.0 Å². The highest BCUT2D eigenvalue weighted by Crippen LogP contribution is 2.39. The lowest BCUT2D eigenvalue weighted by Gasteiger charge is -2.41. The minimum absolute atomic E-state index is 0.0995. The minimum atomic E-state index is -0.556. The fourth-order valence-corrected chi connectivity index (χ4v) is 8.11. The minimum Gasteiger partial charge on any atom is -0.340 e. The van der Waals surface area contributed by atoms with E-state index in [2.05, 4.69) is 90.6 Å².